The van der Waals surface area contributed by atoms with Crippen LogP contribution in [0.5, 0.6) is 0 Å². The summed E-state index contributed by atoms with van der Waals surface area (Å²) in [5.41, 5.74) is 3.73. The Labute approximate surface area is 204 Å². The minimum absolute atomic E-state index is 0.714. The Morgan fingerprint density at radius 2 is 1.73 bits per heavy atom. The normalized spacial score (nSPS) is 16.6. The van der Waals surface area contributed by atoms with Crippen LogP contribution in [0.1, 0.15) is 85.5 Å². The van der Waals surface area contributed by atoms with Gasteiger partial charge >= 0.3 is 0 Å². The number of anilines is 1. The number of benzene rings is 1. The zero-order valence-electron chi connectivity index (χ0n) is 21.6. The topological polar surface area (TPSA) is 27.6 Å². The van der Waals surface area contributed by atoms with Gasteiger partial charge in [0.05, 0.1) is 5.69 Å². The van der Waals surface area contributed by atoms with E-state index in [4.69, 9.17) is 0 Å². The Bertz CT molecular complexity index is 732. The van der Waals surface area contributed by atoms with Crippen LogP contribution >= 0.6 is 0 Å². The lowest BCUT2D eigenvalue weighted by Gasteiger charge is -2.21. The maximum atomic E-state index is 4.11. The van der Waals surface area contributed by atoms with E-state index >= 15 is 0 Å². The van der Waals surface area contributed by atoms with Gasteiger partial charge in [-0.15, -0.1) is 0 Å². The van der Waals surface area contributed by atoms with E-state index in [-0.39, 0.29) is 0 Å². The van der Waals surface area contributed by atoms with E-state index in [0.717, 1.165) is 25.1 Å². The summed E-state index contributed by atoms with van der Waals surface area (Å²) in [5.74, 6) is 0. The van der Waals surface area contributed by atoms with Crippen LogP contribution in [-0.4, -0.2) is 19.3 Å². The molecule has 1 fully saturated rings. The molecular formula is C30H47N3. The quantitative estimate of drug-likeness (QED) is 0.333. The van der Waals surface area contributed by atoms with Crippen LogP contribution in [0.2, 0.25) is 0 Å². The molecule has 3 nitrogen and oxygen atoms in total. The van der Waals surface area contributed by atoms with Crippen LogP contribution in [0.25, 0.3) is 0 Å². The first-order valence-electron chi connectivity index (χ1n) is 12.9. The van der Waals surface area contributed by atoms with Crippen LogP contribution < -0.4 is 10.3 Å². The molecule has 0 heterocycles. The minimum Gasteiger partial charge on any atom is -0.314 e. The molecule has 0 saturated heterocycles. The molecule has 2 aliphatic rings. The number of nitrogens with one attached hydrogen (secondary N) is 1. The Hall–Kier alpha value is -2.39. The van der Waals surface area contributed by atoms with Crippen LogP contribution in [0.4, 0.5) is 5.69 Å². The third kappa shape index (κ3) is 13.7. The summed E-state index contributed by atoms with van der Waals surface area (Å²) < 4.78 is 0. The summed E-state index contributed by atoms with van der Waals surface area (Å²) in [5, 5.41) is 9.70. The van der Waals surface area contributed by atoms with Crippen LogP contribution in [-0.2, 0) is 0 Å². The molecule has 1 aromatic carbocycles. The van der Waals surface area contributed by atoms with Gasteiger partial charge < -0.3 is 5.32 Å². The lowest BCUT2D eigenvalue weighted by Crippen LogP contribution is -2.30. The molecule has 182 valence electrons. The molecule has 2 aliphatic carbocycles. The zero-order valence-corrected chi connectivity index (χ0v) is 21.6. The largest absolute Gasteiger partial charge is 0.314 e. The summed E-state index contributed by atoms with van der Waals surface area (Å²) in [7, 11) is 0. The third-order valence-corrected chi connectivity index (χ3v) is 5.76. The van der Waals surface area contributed by atoms with Gasteiger partial charge in [0.1, 0.15) is 0 Å². The second-order valence-electron chi connectivity index (χ2n) is 8.51. The van der Waals surface area contributed by atoms with Crippen molar-refractivity contribution in [2.45, 2.75) is 91.5 Å². The van der Waals surface area contributed by atoms with Gasteiger partial charge in [0.2, 0.25) is 0 Å². The highest BCUT2D eigenvalue weighted by Gasteiger charge is 2.10. The van der Waals surface area contributed by atoms with Crippen molar-refractivity contribution in [1.29, 1.82) is 0 Å². The van der Waals surface area contributed by atoms with E-state index in [1.165, 1.54) is 56.1 Å². The van der Waals surface area contributed by atoms with Gasteiger partial charge in [0.25, 0.3) is 0 Å². The van der Waals surface area contributed by atoms with E-state index in [0.29, 0.717) is 6.04 Å². The molecule has 0 spiro atoms. The molecular weight excluding hydrogens is 402 g/mol. The predicted octanol–water partition coefficient (Wildman–Crippen LogP) is 8.58. The first kappa shape index (κ1) is 28.6. The molecule has 33 heavy (non-hydrogen) atoms. The van der Waals surface area contributed by atoms with Crippen molar-refractivity contribution in [2.24, 2.45) is 5.10 Å². The van der Waals surface area contributed by atoms with Crippen LogP contribution in [0, 0.1) is 0 Å². The highest BCUT2D eigenvalue weighted by atomic mass is 15.4. The molecule has 0 aromatic heterocycles. The molecule has 3 heteroatoms. The first-order chi connectivity index (χ1) is 16.2. The third-order valence-electron chi connectivity index (χ3n) is 5.76. The van der Waals surface area contributed by atoms with E-state index in [9.17, 15) is 0 Å². The number of hydrogen-bond acceptors (Lipinski definition) is 3. The van der Waals surface area contributed by atoms with Gasteiger partial charge in [-0.3, -0.25) is 0 Å². The van der Waals surface area contributed by atoms with Crippen molar-refractivity contribution in [3.63, 3.8) is 0 Å². The fourth-order valence-corrected chi connectivity index (χ4v) is 3.87. The molecule has 1 saturated carbocycles. The Balaban J connectivity index is 0.000000454. The van der Waals surface area contributed by atoms with Gasteiger partial charge in [0.15, 0.2) is 0 Å². The molecule has 1 aromatic rings. The van der Waals surface area contributed by atoms with Gasteiger partial charge in [-0.1, -0.05) is 106 Å². The highest BCUT2D eigenvalue weighted by molar-refractivity contribution is 5.50. The van der Waals surface area contributed by atoms with Crippen molar-refractivity contribution < 1.29 is 0 Å². The standard InChI is InChI=1S/C20H31N3.C8H10.C2H6/c1-18(17-23(21-2)20-13-9-6-10-14-20)15-16-22-19-11-7-4-3-5-8-12-19;1-8-6-4-2-3-5-7-8;1-2/h6,9-10,13-14,17,19,22H,2-5,7-8,11-12,15-16H2,1H3;2-4,6-7H,5H2,1H3;1-2H3/b18-17-;;. The predicted molar refractivity (Wildman–Crippen MR) is 149 cm³/mol. The van der Waals surface area contributed by atoms with Crippen molar-refractivity contribution >= 4 is 12.4 Å². The number of rotatable bonds is 7. The molecule has 0 radical (unpaired) electrons. The fourth-order valence-electron chi connectivity index (χ4n) is 3.87. The maximum Gasteiger partial charge on any atom is 0.0645 e. The number of allylic oxidation sites excluding steroid dienone is 6. The number of hydrogen-bond donors (Lipinski definition) is 1. The van der Waals surface area contributed by atoms with Crippen LogP contribution in [0.15, 0.2) is 83.2 Å². The average Bonchev–Trinajstić information content (AvgIpc) is 3.08. The molecule has 0 atom stereocenters. The molecule has 0 bridgehead atoms. The lowest BCUT2D eigenvalue weighted by molar-refractivity contribution is 0.392. The Kier molecular flexibility index (Phi) is 16.6. The minimum atomic E-state index is 0.714. The van der Waals surface area contributed by atoms with Gasteiger partial charge in [-0.25, -0.2) is 5.01 Å². The van der Waals surface area contributed by atoms with Gasteiger partial charge in [-0.2, -0.15) is 5.10 Å². The van der Waals surface area contributed by atoms with Crippen molar-refractivity contribution in [2.75, 3.05) is 11.6 Å². The first-order valence-corrected chi connectivity index (χ1v) is 12.9. The van der Waals surface area contributed by atoms with Gasteiger partial charge in [0, 0.05) is 19.0 Å². The fraction of sp³-hybridized carbons (Fsp3) is 0.500. The number of nitrogens with zero attached hydrogens (tertiary/aromatic N) is 2. The number of para-hydroxylation sites is 1. The smallest absolute Gasteiger partial charge is 0.0645 e. The zero-order chi connectivity index (χ0) is 24.2. The monoisotopic (exact) mass is 449 g/mol. The van der Waals surface area contributed by atoms with E-state index in [2.05, 4.69) is 67.6 Å². The Morgan fingerprint density at radius 1 is 1.06 bits per heavy atom. The molecule has 0 unspecified atom stereocenters. The summed E-state index contributed by atoms with van der Waals surface area (Å²) in [4.78, 5) is 0. The molecule has 3 rings (SSSR count). The van der Waals surface area contributed by atoms with E-state index in [1.54, 1.807) is 0 Å². The summed E-state index contributed by atoms with van der Waals surface area (Å²) in [6.45, 7) is 13.0. The highest BCUT2D eigenvalue weighted by Crippen LogP contribution is 2.18. The second kappa shape index (κ2) is 19.1. The average molecular weight is 450 g/mol. The van der Waals surface area contributed by atoms with Crippen molar-refractivity contribution in [1.82, 2.24) is 5.32 Å². The van der Waals surface area contributed by atoms with Gasteiger partial charge in [-0.05, 0) is 58.2 Å². The SMILES string of the molecule is C=NN(/C=C(/C)CCNC1CCCCCCC1)c1ccccc1.CC.CC1=CCC=CC=C1. The van der Waals surface area contributed by atoms with E-state index < -0.39 is 0 Å². The maximum absolute atomic E-state index is 4.11. The van der Waals surface area contributed by atoms with Crippen molar-refractivity contribution in [3.8, 4) is 0 Å². The van der Waals surface area contributed by atoms with Crippen LogP contribution in [0.3, 0.4) is 0 Å². The summed E-state index contributed by atoms with van der Waals surface area (Å²) >= 11 is 0. The van der Waals surface area contributed by atoms with Crippen molar-refractivity contribution in [3.05, 3.63) is 78.1 Å². The lowest BCUT2D eigenvalue weighted by atomic mass is 9.96. The summed E-state index contributed by atoms with van der Waals surface area (Å²) in [6.07, 6.45) is 24.5. The van der Waals surface area contributed by atoms with E-state index in [1.807, 2.05) is 49.2 Å². The second-order valence-corrected chi connectivity index (χ2v) is 8.51. The summed E-state index contributed by atoms with van der Waals surface area (Å²) in [6, 6.07) is 10.9. The molecule has 0 amide bonds. The molecule has 1 N–H and O–H groups in total. The molecule has 0 aliphatic heterocycles. The Morgan fingerprint density at radius 3 is 2.39 bits per heavy atom. The number of hydrazone groups is 1.